The van der Waals surface area contributed by atoms with Crippen LogP contribution in [0.3, 0.4) is 0 Å². The fourth-order valence-corrected chi connectivity index (χ4v) is 0.874. The molecule has 0 saturated heterocycles. The van der Waals surface area contributed by atoms with Crippen molar-refractivity contribution in [1.82, 2.24) is 5.43 Å². The van der Waals surface area contributed by atoms with Gasteiger partial charge in [-0.05, 0) is 12.8 Å². The average Bonchev–Trinajstić information content (AvgIpc) is 2.25. The summed E-state index contributed by atoms with van der Waals surface area (Å²) in [4.78, 5) is 32.0. The van der Waals surface area contributed by atoms with Crippen molar-refractivity contribution in [2.45, 2.75) is 32.2 Å². The van der Waals surface area contributed by atoms with E-state index in [9.17, 15) is 14.4 Å². The predicted molar refractivity (Wildman–Crippen MR) is 58.3 cm³/mol. The van der Waals surface area contributed by atoms with Crippen LogP contribution in [0.2, 0.25) is 0 Å². The quantitative estimate of drug-likeness (QED) is 0.340. The fraction of sp³-hybridized carbons (Fsp3) is 0.556. The molecule has 8 nitrogen and oxygen atoms in total. The Bertz CT molecular complexity index is 340. The van der Waals surface area contributed by atoms with E-state index in [1.807, 2.05) is 5.43 Å². The predicted octanol–water partition coefficient (Wildman–Crippen LogP) is -0.855. The summed E-state index contributed by atoms with van der Waals surface area (Å²) in [5.74, 6) is -2.98. The summed E-state index contributed by atoms with van der Waals surface area (Å²) in [6.07, 6.45) is 0.00303. The Labute approximate surface area is 97.5 Å². The minimum Gasteiger partial charge on any atom is -0.480 e. The number of rotatable bonds is 7. The highest BCUT2D eigenvalue weighted by atomic mass is 16.4. The highest BCUT2D eigenvalue weighted by molar-refractivity contribution is 6.35. The van der Waals surface area contributed by atoms with Crippen LogP contribution in [-0.2, 0) is 14.4 Å². The highest BCUT2D eigenvalue weighted by Gasteiger charge is 2.13. The molecule has 0 saturated carbocycles. The number of carboxylic acids is 2. The number of hydrazone groups is 1. The Morgan fingerprint density at radius 3 is 2.35 bits per heavy atom. The van der Waals surface area contributed by atoms with Gasteiger partial charge in [0.05, 0.1) is 0 Å². The van der Waals surface area contributed by atoms with Gasteiger partial charge < -0.3 is 15.9 Å². The van der Waals surface area contributed by atoms with Crippen LogP contribution >= 0.6 is 0 Å². The summed E-state index contributed by atoms with van der Waals surface area (Å²) < 4.78 is 0. The molecule has 0 aliphatic carbocycles. The lowest BCUT2D eigenvalue weighted by atomic mass is 10.2. The molecule has 0 spiro atoms. The zero-order chi connectivity index (χ0) is 13.4. The third-order valence-electron chi connectivity index (χ3n) is 1.90. The van der Waals surface area contributed by atoms with Gasteiger partial charge in [-0.25, -0.2) is 10.2 Å². The maximum Gasteiger partial charge on any atom is 0.352 e. The molecular weight excluding hydrogens is 230 g/mol. The minimum absolute atomic E-state index is 0.0365. The molecule has 5 N–H and O–H groups in total. The smallest absolute Gasteiger partial charge is 0.352 e. The molecule has 17 heavy (non-hydrogen) atoms. The van der Waals surface area contributed by atoms with E-state index in [2.05, 4.69) is 5.10 Å². The summed E-state index contributed by atoms with van der Waals surface area (Å²) in [6, 6.07) is -1.12. The molecule has 0 aliphatic rings. The van der Waals surface area contributed by atoms with E-state index in [-0.39, 0.29) is 25.0 Å². The third kappa shape index (κ3) is 6.25. The van der Waals surface area contributed by atoms with Crippen LogP contribution in [0.15, 0.2) is 5.10 Å². The number of nitrogens with one attached hydrogen (secondary N) is 1. The van der Waals surface area contributed by atoms with Crippen LogP contribution < -0.4 is 11.2 Å². The lowest BCUT2D eigenvalue weighted by Crippen LogP contribution is -2.32. The van der Waals surface area contributed by atoms with Gasteiger partial charge in [0.1, 0.15) is 11.8 Å². The van der Waals surface area contributed by atoms with Gasteiger partial charge in [-0.2, -0.15) is 5.10 Å². The van der Waals surface area contributed by atoms with Gasteiger partial charge >= 0.3 is 11.9 Å². The van der Waals surface area contributed by atoms with E-state index in [0.29, 0.717) is 0 Å². The molecule has 1 amide bonds. The number of amides is 1. The molecule has 0 rings (SSSR count). The monoisotopic (exact) mass is 245 g/mol. The second-order valence-electron chi connectivity index (χ2n) is 3.24. The molecule has 1 atom stereocenters. The molecule has 0 aromatic rings. The maximum absolute atomic E-state index is 11.2. The van der Waals surface area contributed by atoms with E-state index in [4.69, 9.17) is 15.9 Å². The normalized spacial score (nSPS) is 12.9. The molecule has 0 heterocycles. The SMILES string of the molecule is CC/C(=N/NC(=O)CC[C@H](N)C(=O)O)C(=O)O. The lowest BCUT2D eigenvalue weighted by molar-refractivity contribution is -0.138. The molecule has 0 radical (unpaired) electrons. The zero-order valence-electron chi connectivity index (χ0n) is 9.34. The Hall–Kier alpha value is -1.96. The van der Waals surface area contributed by atoms with Crippen molar-refractivity contribution in [2.24, 2.45) is 10.8 Å². The minimum atomic E-state index is -1.21. The second-order valence-corrected chi connectivity index (χ2v) is 3.24. The van der Waals surface area contributed by atoms with Gasteiger partial charge in [-0.3, -0.25) is 9.59 Å². The Balaban J connectivity index is 4.11. The second kappa shape index (κ2) is 7.34. The number of aliphatic carboxylic acids is 2. The lowest BCUT2D eigenvalue weighted by Gasteiger charge is -2.05. The first-order chi connectivity index (χ1) is 7.88. The van der Waals surface area contributed by atoms with Crippen LogP contribution in [0.1, 0.15) is 26.2 Å². The Morgan fingerprint density at radius 1 is 1.35 bits per heavy atom. The zero-order valence-corrected chi connectivity index (χ0v) is 9.34. The molecule has 0 bridgehead atoms. The summed E-state index contributed by atoms with van der Waals surface area (Å²) in [5, 5.41) is 20.5. The number of hydrogen-bond donors (Lipinski definition) is 4. The summed E-state index contributed by atoms with van der Waals surface area (Å²) in [7, 11) is 0. The molecule has 0 aromatic carbocycles. The third-order valence-corrected chi connectivity index (χ3v) is 1.90. The van der Waals surface area contributed by atoms with E-state index in [0.717, 1.165) is 0 Å². The van der Waals surface area contributed by atoms with Crippen molar-refractivity contribution in [3.63, 3.8) is 0 Å². The largest absolute Gasteiger partial charge is 0.480 e. The van der Waals surface area contributed by atoms with Crippen LogP contribution in [0, 0.1) is 0 Å². The van der Waals surface area contributed by atoms with E-state index >= 15 is 0 Å². The van der Waals surface area contributed by atoms with Gasteiger partial charge in [0.25, 0.3) is 0 Å². The van der Waals surface area contributed by atoms with Gasteiger partial charge in [0, 0.05) is 6.42 Å². The Kier molecular flexibility index (Phi) is 6.49. The first kappa shape index (κ1) is 15.0. The van der Waals surface area contributed by atoms with Gasteiger partial charge in [-0.15, -0.1) is 0 Å². The summed E-state index contributed by atoms with van der Waals surface area (Å²) in [5.41, 5.74) is 7.03. The van der Waals surface area contributed by atoms with Gasteiger partial charge in [0.2, 0.25) is 5.91 Å². The van der Waals surface area contributed by atoms with Crippen LogP contribution in [0.25, 0.3) is 0 Å². The first-order valence-electron chi connectivity index (χ1n) is 4.95. The molecule has 0 fully saturated rings. The number of nitrogens with two attached hydrogens (primary N) is 1. The van der Waals surface area contributed by atoms with Crippen molar-refractivity contribution >= 4 is 23.6 Å². The number of hydrogen-bond acceptors (Lipinski definition) is 5. The maximum atomic E-state index is 11.2. The highest BCUT2D eigenvalue weighted by Crippen LogP contribution is 1.95. The van der Waals surface area contributed by atoms with Crippen molar-refractivity contribution in [3.8, 4) is 0 Å². The standard InChI is InChI=1S/C9H15N3O5/c1-2-6(9(16)17)11-12-7(13)4-3-5(10)8(14)15/h5H,2-4,10H2,1H3,(H,12,13)(H,14,15)(H,16,17)/b11-6-/t5-/m0/s1. The van der Waals surface area contributed by atoms with E-state index in [1.165, 1.54) is 0 Å². The van der Waals surface area contributed by atoms with Crippen LogP contribution in [0.4, 0.5) is 0 Å². The summed E-state index contributed by atoms with van der Waals surface area (Å²) in [6.45, 7) is 1.58. The van der Waals surface area contributed by atoms with Gasteiger partial charge in [-0.1, -0.05) is 6.92 Å². The van der Waals surface area contributed by atoms with Crippen molar-refractivity contribution < 1.29 is 24.6 Å². The van der Waals surface area contributed by atoms with Gasteiger partial charge in [0.15, 0.2) is 0 Å². The van der Waals surface area contributed by atoms with Crippen LogP contribution in [-0.4, -0.2) is 39.8 Å². The molecule has 0 aromatic heterocycles. The molecule has 0 unspecified atom stereocenters. The van der Waals surface area contributed by atoms with Crippen molar-refractivity contribution in [1.29, 1.82) is 0 Å². The average molecular weight is 245 g/mol. The molecule has 96 valence electrons. The molecular formula is C9H15N3O5. The van der Waals surface area contributed by atoms with E-state index < -0.39 is 23.9 Å². The van der Waals surface area contributed by atoms with Crippen molar-refractivity contribution in [2.75, 3.05) is 0 Å². The number of nitrogens with zero attached hydrogens (tertiary/aromatic N) is 1. The number of carbonyl (C=O) groups is 3. The first-order valence-corrected chi connectivity index (χ1v) is 4.95. The molecule has 8 heteroatoms. The number of carboxylic acid groups (broad SMARTS) is 2. The molecule has 0 aliphatic heterocycles. The summed E-state index contributed by atoms with van der Waals surface area (Å²) >= 11 is 0. The fourth-order valence-electron chi connectivity index (χ4n) is 0.874. The van der Waals surface area contributed by atoms with E-state index in [1.54, 1.807) is 6.92 Å². The Morgan fingerprint density at radius 2 is 1.94 bits per heavy atom. The van der Waals surface area contributed by atoms with Crippen molar-refractivity contribution in [3.05, 3.63) is 0 Å². The van der Waals surface area contributed by atoms with Crippen LogP contribution in [0.5, 0.6) is 0 Å². The number of carbonyl (C=O) groups excluding carboxylic acids is 1. The topological polar surface area (TPSA) is 142 Å².